The summed E-state index contributed by atoms with van der Waals surface area (Å²) in [7, 11) is 0. The van der Waals surface area contributed by atoms with Gasteiger partial charge in [0.2, 0.25) is 0 Å². The highest BCUT2D eigenvalue weighted by Gasteiger charge is 1.99. The van der Waals surface area contributed by atoms with E-state index in [2.05, 4.69) is 30.2 Å². The number of hydrogen-bond donors (Lipinski definition) is 0. The van der Waals surface area contributed by atoms with Gasteiger partial charge in [-0.05, 0) is 11.6 Å². The number of azo groups is 1. The fourth-order valence-electron chi connectivity index (χ4n) is 1.58. The Balaban J connectivity index is 1.79. The van der Waals surface area contributed by atoms with Crippen LogP contribution in [0.4, 0.5) is 11.9 Å². The lowest BCUT2D eigenvalue weighted by Crippen LogP contribution is -1.83. The topological polar surface area (TPSA) is 76.3 Å². The first kappa shape index (κ1) is 12.0. The summed E-state index contributed by atoms with van der Waals surface area (Å²) in [6.07, 6.45) is 6.62. The Hall–Kier alpha value is -3.02. The van der Waals surface area contributed by atoms with Crippen molar-refractivity contribution in [3.8, 4) is 11.1 Å². The fourth-order valence-corrected chi connectivity index (χ4v) is 1.58. The molecule has 6 nitrogen and oxygen atoms in total. The van der Waals surface area contributed by atoms with Gasteiger partial charge in [0.25, 0.3) is 11.9 Å². The third-order valence-electron chi connectivity index (χ3n) is 2.53. The Morgan fingerprint density at radius 3 is 1.85 bits per heavy atom. The van der Waals surface area contributed by atoms with Crippen molar-refractivity contribution in [1.29, 1.82) is 0 Å². The van der Waals surface area contributed by atoms with Crippen LogP contribution in [0.3, 0.4) is 0 Å². The van der Waals surface area contributed by atoms with Crippen LogP contribution >= 0.6 is 0 Å². The van der Waals surface area contributed by atoms with Crippen molar-refractivity contribution in [2.24, 2.45) is 10.2 Å². The van der Waals surface area contributed by atoms with Gasteiger partial charge in [0.15, 0.2) is 0 Å². The van der Waals surface area contributed by atoms with E-state index in [1.807, 2.05) is 30.3 Å². The average molecular weight is 262 g/mol. The molecule has 0 N–H and O–H groups in total. The first-order chi connectivity index (χ1) is 9.92. The molecule has 0 aliphatic carbocycles. The van der Waals surface area contributed by atoms with Crippen LogP contribution in [0.5, 0.6) is 0 Å². The van der Waals surface area contributed by atoms with Crippen molar-refractivity contribution >= 4 is 11.9 Å². The quantitative estimate of drug-likeness (QED) is 0.678. The molecular weight excluding hydrogens is 252 g/mol. The van der Waals surface area contributed by atoms with E-state index < -0.39 is 0 Å². The van der Waals surface area contributed by atoms with Gasteiger partial charge in [-0.15, -0.1) is 10.2 Å². The summed E-state index contributed by atoms with van der Waals surface area (Å²) in [5, 5.41) is 7.75. The van der Waals surface area contributed by atoms with E-state index in [0.717, 1.165) is 11.1 Å². The van der Waals surface area contributed by atoms with Crippen LogP contribution in [-0.2, 0) is 0 Å². The number of aromatic nitrogens is 4. The molecule has 20 heavy (non-hydrogen) atoms. The van der Waals surface area contributed by atoms with Crippen molar-refractivity contribution in [2.75, 3.05) is 0 Å². The molecule has 0 saturated heterocycles. The van der Waals surface area contributed by atoms with Crippen LogP contribution in [0.25, 0.3) is 11.1 Å². The monoisotopic (exact) mass is 262 g/mol. The largest absolute Gasteiger partial charge is 0.268 e. The minimum atomic E-state index is 0.275. The van der Waals surface area contributed by atoms with Gasteiger partial charge >= 0.3 is 0 Å². The van der Waals surface area contributed by atoms with Gasteiger partial charge in [0.1, 0.15) is 0 Å². The van der Waals surface area contributed by atoms with Gasteiger partial charge in [0.05, 0.1) is 0 Å². The summed E-state index contributed by atoms with van der Waals surface area (Å²) in [5.41, 5.74) is 1.99. The molecular formula is C14H10N6. The van der Waals surface area contributed by atoms with Crippen LogP contribution in [0, 0.1) is 0 Å². The van der Waals surface area contributed by atoms with E-state index in [9.17, 15) is 0 Å². The number of hydrogen-bond acceptors (Lipinski definition) is 6. The molecule has 0 aliphatic rings. The highest BCUT2D eigenvalue weighted by atomic mass is 15.2. The first-order valence-corrected chi connectivity index (χ1v) is 5.98. The van der Waals surface area contributed by atoms with Gasteiger partial charge in [-0.1, -0.05) is 30.3 Å². The maximum absolute atomic E-state index is 4.14. The lowest BCUT2D eigenvalue weighted by atomic mass is 10.1. The minimum Gasteiger partial charge on any atom is -0.218 e. The van der Waals surface area contributed by atoms with Crippen molar-refractivity contribution < 1.29 is 0 Å². The molecule has 3 aromatic rings. The van der Waals surface area contributed by atoms with Gasteiger partial charge in [0, 0.05) is 30.4 Å². The summed E-state index contributed by atoms with van der Waals surface area (Å²) in [6.45, 7) is 0. The summed E-state index contributed by atoms with van der Waals surface area (Å²) in [6, 6.07) is 11.6. The van der Waals surface area contributed by atoms with E-state index in [1.54, 1.807) is 30.9 Å². The zero-order valence-electron chi connectivity index (χ0n) is 10.5. The lowest BCUT2D eigenvalue weighted by Gasteiger charge is -1.99. The van der Waals surface area contributed by atoms with E-state index in [1.165, 1.54) is 0 Å². The molecule has 0 aliphatic heterocycles. The van der Waals surface area contributed by atoms with Crippen LogP contribution in [0.15, 0.2) is 71.4 Å². The van der Waals surface area contributed by atoms with Crippen LogP contribution in [-0.4, -0.2) is 19.9 Å². The molecule has 1 aromatic carbocycles. The Morgan fingerprint density at radius 2 is 1.20 bits per heavy atom. The predicted molar refractivity (Wildman–Crippen MR) is 73.7 cm³/mol. The molecule has 6 heteroatoms. The molecule has 0 unspecified atom stereocenters. The third-order valence-corrected chi connectivity index (χ3v) is 2.53. The summed E-state index contributed by atoms with van der Waals surface area (Å²) in [5.74, 6) is 0.556. The van der Waals surface area contributed by atoms with E-state index in [4.69, 9.17) is 0 Å². The molecule has 0 atom stereocenters. The maximum atomic E-state index is 4.14. The molecule has 96 valence electrons. The number of benzene rings is 1. The number of rotatable bonds is 3. The molecule has 0 bridgehead atoms. The molecule has 3 rings (SSSR count). The zero-order chi connectivity index (χ0) is 13.6. The number of nitrogens with zero attached hydrogens (tertiary/aromatic N) is 6. The van der Waals surface area contributed by atoms with E-state index in [-0.39, 0.29) is 11.9 Å². The first-order valence-electron chi connectivity index (χ1n) is 5.98. The van der Waals surface area contributed by atoms with Crippen LogP contribution < -0.4 is 0 Å². The minimum absolute atomic E-state index is 0.275. The fraction of sp³-hybridized carbons (Fsp3) is 0. The molecule has 0 radical (unpaired) electrons. The highest BCUT2D eigenvalue weighted by molar-refractivity contribution is 5.61. The Morgan fingerprint density at radius 1 is 0.600 bits per heavy atom. The molecule has 2 heterocycles. The predicted octanol–water partition coefficient (Wildman–Crippen LogP) is 3.35. The third kappa shape index (κ3) is 2.86. The maximum Gasteiger partial charge on any atom is 0.268 e. The summed E-state index contributed by atoms with van der Waals surface area (Å²) < 4.78 is 0. The van der Waals surface area contributed by atoms with Crippen molar-refractivity contribution in [2.45, 2.75) is 0 Å². The molecule has 0 amide bonds. The second kappa shape index (κ2) is 5.75. The Bertz CT molecular complexity index is 695. The highest BCUT2D eigenvalue weighted by Crippen LogP contribution is 2.18. The second-order valence-corrected chi connectivity index (χ2v) is 3.89. The van der Waals surface area contributed by atoms with Crippen LogP contribution in [0.2, 0.25) is 0 Å². The molecule has 0 spiro atoms. The van der Waals surface area contributed by atoms with E-state index >= 15 is 0 Å². The van der Waals surface area contributed by atoms with E-state index in [0.29, 0.717) is 0 Å². The SMILES string of the molecule is c1ccc(-c2cnc(N=Nc3ncccn3)nc2)cc1. The van der Waals surface area contributed by atoms with Gasteiger partial charge in [-0.25, -0.2) is 19.9 Å². The molecule has 0 saturated carbocycles. The second-order valence-electron chi connectivity index (χ2n) is 3.89. The van der Waals surface area contributed by atoms with Crippen molar-refractivity contribution in [3.05, 3.63) is 61.2 Å². The van der Waals surface area contributed by atoms with Gasteiger partial charge in [-0.3, -0.25) is 0 Å². The molecule has 2 aromatic heterocycles. The van der Waals surface area contributed by atoms with Gasteiger partial charge in [-0.2, -0.15) is 0 Å². The Labute approximate surface area is 115 Å². The zero-order valence-corrected chi connectivity index (χ0v) is 10.5. The van der Waals surface area contributed by atoms with Crippen molar-refractivity contribution in [1.82, 2.24) is 19.9 Å². The normalized spacial score (nSPS) is 10.8. The average Bonchev–Trinajstić information content (AvgIpc) is 2.55. The molecule has 0 fully saturated rings. The van der Waals surface area contributed by atoms with Crippen molar-refractivity contribution in [3.63, 3.8) is 0 Å². The standard InChI is InChI=1S/C14H10N6/c1-2-5-11(6-3-1)12-9-17-14(18-10-12)20-19-13-15-7-4-8-16-13/h1-10H. The summed E-state index contributed by atoms with van der Waals surface area (Å²) in [4.78, 5) is 16.1. The lowest BCUT2D eigenvalue weighted by molar-refractivity contribution is 1.01. The summed E-state index contributed by atoms with van der Waals surface area (Å²) >= 11 is 0. The smallest absolute Gasteiger partial charge is 0.218 e. The van der Waals surface area contributed by atoms with Crippen LogP contribution in [0.1, 0.15) is 0 Å². The Kier molecular flexibility index (Phi) is 3.46. The van der Waals surface area contributed by atoms with Gasteiger partial charge < -0.3 is 0 Å².